The van der Waals surface area contributed by atoms with Gasteiger partial charge in [-0.2, -0.15) is 0 Å². The number of nitrogens with zero attached hydrogens (tertiary/aromatic N) is 2. The molecule has 0 radical (unpaired) electrons. The summed E-state index contributed by atoms with van der Waals surface area (Å²) in [5.74, 6) is 0.288. The van der Waals surface area contributed by atoms with E-state index in [0.29, 0.717) is 18.0 Å². The highest BCUT2D eigenvalue weighted by molar-refractivity contribution is 7.92. The largest absolute Gasteiger partial charge is 0.493 e. The summed E-state index contributed by atoms with van der Waals surface area (Å²) in [4.78, 5) is 15.2. The van der Waals surface area contributed by atoms with Crippen molar-refractivity contribution in [2.75, 3.05) is 43.1 Å². The summed E-state index contributed by atoms with van der Waals surface area (Å²) in [6.45, 7) is 2.07. The summed E-state index contributed by atoms with van der Waals surface area (Å²) in [5, 5.41) is 2.85. The van der Waals surface area contributed by atoms with E-state index in [1.807, 2.05) is 12.1 Å². The van der Waals surface area contributed by atoms with Crippen LogP contribution in [0.1, 0.15) is 18.4 Å². The molecule has 0 saturated carbocycles. The number of amides is 1. The molecule has 0 aliphatic carbocycles. The molecule has 1 heterocycles. The standard InChI is InChI=1S/C27H31N3O5S/c1-34-25-15-14-24(18-26(25)35-2)36(32,33)30(23-8-4-3-5-9-23)20-27(31)28-19-21-10-12-22(13-11-21)29-16-6-7-17-29/h3-5,8-15,18H,6-7,16-17,19-20H2,1-2H3,(H,28,31). The summed E-state index contributed by atoms with van der Waals surface area (Å²) < 4.78 is 38.8. The van der Waals surface area contributed by atoms with Gasteiger partial charge in [-0.05, 0) is 54.8 Å². The van der Waals surface area contributed by atoms with Crippen molar-refractivity contribution in [2.45, 2.75) is 24.3 Å². The van der Waals surface area contributed by atoms with Gasteiger partial charge in [0.15, 0.2) is 11.5 Å². The molecule has 0 aromatic heterocycles. The Bertz CT molecular complexity index is 1270. The fourth-order valence-electron chi connectivity index (χ4n) is 4.20. The maximum absolute atomic E-state index is 13.6. The second kappa shape index (κ2) is 11.3. The zero-order chi connectivity index (χ0) is 25.5. The second-order valence-corrected chi connectivity index (χ2v) is 10.4. The Morgan fingerprint density at radius 3 is 2.22 bits per heavy atom. The molecule has 0 atom stereocenters. The van der Waals surface area contributed by atoms with E-state index in [-0.39, 0.29) is 17.2 Å². The first-order chi connectivity index (χ1) is 17.4. The molecule has 1 amide bonds. The van der Waals surface area contributed by atoms with Crippen LogP contribution in [0.3, 0.4) is 0 Å². The molecule has 1 aliphatic heterocycles. The smallest absolute Gasteiger partial charge is 0.264 e. The number of sulfonamides is 1. The number of methoxy groups -OCH3 is 2. The maximum Gasteiger partial charge on any atom is 0.264 e. The number of para-hydroxylation sites is 1. The van der Waals surface area contributed by atoms with Crippen molar-refractivity contribution >= 4 is 27.3 Å². The first-order valence-corrected chi connectivity index (χ1v) is 13.3. The third-order valence-electron chi connectivity index (χ3n) is 6.17. The van der Waals surface area contributed by atoms with Crippen molar-refractivity contribution in [3.05, 3.63) is 78.4 Å². The number of carbonyl (C=O) groups is 1. The minimum atomic E-state index is -4.07. The van der Waals surface area contributed by atoms with Crippen LogP contribution in [0.25, 0.3) is 0 Å². The normalized spacial score (nSPS) is 13.3. The van der Waals surface area contributed by atoms with Gasteiger partial charge in [-0.15, -0.1) is 0 Å². The summed E-state index contributed by atoms with van der Waals surface area (Å²) in [6.07, 6.45) is 2.42. The van der Waals surface area contributed by atoms with Gasteiger partial charge in [0.2, 0.25) is 5.91 Å². The van der Waals surface area contributed by atoms with Crippen LogP contribution in [0, 0.1) is 0 Å². The highest BCUT2D eigenvalue weighted by Crippen LogP contribution is 2.32. The molecule has 1 N–H and O–H groups in total. The third-order valence-corrected chi connectivity index (χ3v) is 7.94. The van der Waals surface area contributed by atoms with E-state index in [2.05, 4.69) is 22.3 Å². The van der Waals surface area contributed by atoms with Crippen LogP contribution in [0.5, 0.6) is 11.5 Å². The molecule has 1 aliphatic rings. The maximum atomic E-state index is 13.6. The van der Waals surface area contributed by atoms with Gasteiger partial charge >= 0.3 is 0 Å². The van der Waals surface area contributed by atoms with Crippen LogP contribution in [0.4, 0.5) is 11.4 Å². The quantitative estimate of drug-likeness (QED) is 0.447. The van der Waals surface area contributed by atoms with Crippen molar-refractivity contribution in [3.63, 3.8) is 0 Å². The van der Waals surface area contributed by atoms with Gasteiger partial charge in [0.1, 0.15) is 6.54 Å². The molecule has 190 valence electrons. The number of ether oxygens (including phenoxy) is 2. The number of hydrogen-bond acceptors (Lipinski definition) is 6. The molecule has 8 nitrogen and oxygen atoms in total. The topological polar surface area (TPSA) is 88.2 Å². The lowest BCUT2D eigenvalue weighted by Gasteiger charge is -2.24. The van der Waals surface area contributed by atoms with Crippen molar-refractivity contribution in [1.82, 2.24) is 5.32 Å². The Labute approximate surface area is 212 Å². The minimum Gasteiger partial charge on any atom is -0.493 e. The van der Waals surface area contributed by atoms with Gasteiger partial charge in [-0.3, -0.25) is 9.10 Å². The van der Waals surface area contributed by atoms with Crippen LogP contribution in [-0.4, -0.2) is 48.2 Å². The van der Waals surface area contributed by atoms with Gasteiger partial charge in [0, 0.05) is 31.4 Å². The lowest BCUT2D eigenvalue weighted by atomic mass is 10.2. The predicted octanol–water partition coefficient (Wildman–Crippen LogP) is 3.82. The SMILES string of the molecule is COc1ccc(S(=O)(=O)N(CC(=O)NCc2ccc(N3CCCC3)cc2)c2ccccc2)cc1OC. The third kappa shape index (κ3) is 5.73. The lowest BCUT2D eigenvalue weighted by Crippen LogP contribution is -2.40. The average Bonchev–Trinajstić information content (AvgIpc) is 3.46. The van der Waals surface area contributed by atoms with Crippen LogP contribution in [0.2, 0.25) is 0 Å². The van der Waals surface area contributed by atoms with Gasteiger partial charge < -0.3 is 19.7 Å². The van der Waals surface area contributed by atoms with E-state index in [1.54, 1.807) is 30.3 Å². The van der Waals surface area contributed by atoms with Crippen molar-refractivity contribution in [2.24, 2.45) is 0 Å². The number of hydrogen-bond donors (Lipinski definition) is 1. The number of carbonyl (C=O) groups excluding carboxylic acids is 1. The summed E-state index contributed by atoms with van der Waals surface area (Å²) in [7, 11) is -1.16. The van der Waals surface area contributed by atoms with Gasteiger partial charge in [-0.1, -0.05) is 30.3 Å². The number of benzene rings is 3. The molecule has 36 heavy (non-hydrogen) atoms. The summed E-state index contributed by atoms with van der Waals surface area (Å²) in [5.41, 5.74) is 2.51. The molecule has 0 bridgehead atoms. The highest BCUT2D eigenvalue weighted by atomic mass is 32.2. The van der Waals surface area contributed by atoms with Crippen LogP contribution in [-0.2, 0) is 21.4 Å². The van der Waals surface area contributed by atoms with Crippen LogP contribution < -0.4 is 24.0 Å². The van der Waals surface area contributed by atoms with E-state index in [1.165, 1.54) is 50.9 Å². The highest BCUT2D eigenvalue weighted by Gasteiger charge is 2.28. The molecular weight excluding hydrogens is 478 g/mol. The molecule has 3 aromatic carbocycles. The monoisotopic (exact) mass is 509 g/mol. The van der Waals surface area contributed by atoms with E-state index in [4.69, 9.17) is 9.47 Å². The van der Waals surface area contributed by atoms with Crippen LogP contribution in [0.15, 0.2) is 77.7 Å². The van der Waals surface area contributed by atoms with Gasteiger partial charge in [0.05, 0.1) is 24.8 Å². The lowest BCUT2D eigenvalue weighted by molar-refractivity contribution is -0.119. The van der Waals surface area contributed by atoms with E-state index >= 15 is 0 Å². The molecule has 9 heteroatoms. The second-order valence-electron chi connectivity index (χ2n) is 8.50. The Morgan fingerprint density at radius 2 is 1.58 bits per heavy atom. The van der Waals surface area contributed by atoms with Gasteiger partial charge in [-0.25, -0.2) is 8.42 Å². The van der Waals surface area contributed by atoms with E-state index in [9.17, 15) is 13.2 Å². The number of nitrogens with one attached hydrogen (secondary N) is 1. The molecule has 0 spiro atoms. The molecule has 1 saturated heterocycles. The number of anilines is 2. The first-order valence-electron chi connectivity index (χ1n) is 11.8. The summed E-state index contributed by atoms with van der Waals surface area (Å²) in [6, 6.07) is 21.0. The van der Waals surface area contributed by atoms with Crippen molar-refractivity contribution in [1.29, 1.82) is 0 Å². The summed E-state index contributed by atoms with van der Waals surface area (Å²) >= 11 is 0. The predicted molar refractivity (Wildman–Crippen MR) is 140 cm³/mol. The molecule has 0 unspecified atom stereocenters. The fourth-order valence-corrected chi connectivity index (χ4v) is 5.64. The molecule has 3 aromatic rings. The first kappa shape index (κ1) is 25.4. The molecule has 4 rings (SSSR count). The van der Waals surface area contributed by atoms with Crippen molar-refractivity contribution < 1.29 is 22.7 Å². The Balaban J connectivity index is 1.50. The van der Waals surface area contributed by atoms with E-state index in [0.717, 1.165) is 23.0 Å². The van der Waals surface area contributed by atoms with E-state index < -0.39 is 15.9 Å². The average molecular weight is 510 g/mol. The van der Waals surface area contributed by atoms with Crippen LogP contribution >= 0.6 is 0 Å². The minimum absolute atomic E-state index is 0.00527. The fraction of sp³-hybridized carbons (Fsp3) is 0.296. The Hall–Kier alpha value is -3.72. The van der Waals surface area contributed by atoms with Crippen molar-refractivity contribution in [3.8, 4) is 11.5 Å². The molecular formula is C27H31N3O5S. The zero-order valence-electron chi connectivity index (χ0n) is 20.5. The Morgan fingerprint density at radius 1 is 0.917 bits per heavy atom. The van der Waals surface area contributed by atoms with Gasteiger partial charge in [0.25, 0.3) is 10.0 Å². The number of rotatable bonds is 10. The zero-order valence-corrected chi connectivity index (χ0v) is 21.3. The Kier molecular flexibility index (Phi) is 8.00. The molecule has 1 fully saturated rings.